The highest BCUT2D eigenvalue weighted by atomic mass is 16.5. The molecule has 1 aromatic heterocycles. The third kappa shape index (κ3) is 4.68. The molecule has 2 N–H and O–H groups in total. The maximum absolute atomic E-state index is 12.0. The molecule has 0 unspecified atom stereocenters. The summed E-state index contributed by atoms with van der Waals surface area (Å²) in [6.07, 6.45) is 4.04. The van der Waals surface area contributed by atoms with Crippen LogP contribution in [-0.2, 0) is 0 Å². The van der Waals surface area contributed by atoms with E-state index in [4.69, 9.17) is 4.74 Å². The van der Waals surface area contributed by atoms with Crippen LogP contribution < -0.4 is 10.1 Å². The number of pyridine rings is 1. The summed E-state index contributed by atoms with van der Waals surface area (Å²) in [5.41, 5.74) is 0.459. The summed E-state index contributed by atoms with van der Waals surface area (Å²) in [7, 11) is 1.50. The standard InChI is InChI=1S/C15H23N3O3/c1-21-15-13(4-2-7-17-15)14(20)16-8-3-9-18-10-5-12(19)6-11-18/h2,4,7,12,19H,3,5-6,8-11H2,1H3,(H,16,20). The molecular formula is C15H23N3O3. The number of rotatable bonds is 6. The number of hydrogen-bond donors (Lipinski definition) is 2. The van der Waals surface area contributed by atoms with E-state index in [9.17, 15) is 9.90 Å². The van der Waals surface area contributed by atoms with Crippen molar-refractivity contribution in [3.05, 3.63) is 23.9 Å². The summed E-state index contributed by atoms with van der Waals surface area (Å²) < 4.78 is 5.07. The Hall–Kier alpha value is -1.66. The first-order valence-electron chi connectivity index (χ1n) is 7.38. The highest BCUT2D eigenvalue weighted by Gasteiger charge is 2.16. The molecule has 1 aliphatic heterocycles. The Morgan fingerprint density at radius 3 is 3.00 bits per heavy atom. The molecule has 0 saturated carbocycles. The molecule has 1 aromatic rings. The summed E-state index contributed by atoms with van der Waals surface area (Å²) >= 11 is 0. The molecule has 21 heavy (non-hydrogen) atoms. The SMILES string of the molecule is COc1ncccc1C(=O)NCCCN1CCC(O)CC1. The average molecular weight is 293 g/mol. The van der Waals surface area contributed by atoms with Crippen LogP contribution >= 0.6 is 0 Å². The van der Waals surface area contributed by atoms with Gasteiger partial charge in [-0.25, -0.2) is 4.98 Å². The minimum Gasteiger partial charge on any atom is -0.480 e. The first kappa shape index (κ1) is 15.7. The van der Waals surface area contributed by atoms with E-state index in [0.29, 0.717) is 18.0 Å². The van der Waals surface area contributed by atoms with Crippen LogP contribution in [0.15, 0.2) is 18.3 Å². The van der Waals surface area contributed by atoms with Crippen LogP contribution in [0.1, 0.15) is 29.6 Å². The van der Waals surface area contributed by atoms with Crippen molar-refractivity contribution >= 4 is 5.91 Å². The summed E-state index contributed by atoms with van der Waals surface area (Å²) in [5.74, 6) is 0.189. The van der Waals surface area contributed by atoms with E-state index in [1.165, 1.54) is 7.11 Å². The largest absolute Gasteiger partial charge is 0.480 e. The van der Waals surface area contributed by atoms with Crippen LogP contribution in [0.25, 0.3) is 0 Å². The fourth-order valence-electron chi connectivity index (χ4n) is 2.47. The van der Waals surface area contributed by atoms with Gasteiger partial charge in [-0.05, 0) is 37.9 Å². The number of aromatic nitrogens is 1. The summed E-state index contributed by atoms with van der Waals surface area (Å²) in [6, 6.07) is 3.42. The Morgan fingerprint density at radius 2 is 2.29 bits per heavy atom. The van der Waals surface area contributed by atoms with Gasteiger partial charge in [0.25, 0.3) is 5.91 Å². The van der Waals surface area contributed by atoms with Crippen molar-refractivity contribution in [3.8, 4) is 5.88 Å². The van der Waals surface area contributed by atoms with Crippen LogP contribution in [0.4, 0.5) is 0 Å². The fraction of sp³-hybridized carbons (Fsp3) is 0.600. The molecule has 1 saturated heterocycles. The molecule has 2 heterocycles. The zero-order valence-electron chi connectivity index (χ0n) is 12.4. The molecular weight excluding hydrogens is 270 g/mol. The van der Waals surface area contributed by atoms with E-state index in [1.54, 1.807) is 18.3 Å². The van der Waals surface area contributed by atoms with Gasteiger partial charge in [0, 0.05) is 25.8 Å². The second-order valence-corrected chi connectivity index (χ2v) is 5.24. The van der Waals surface area contributed by atoms with Crippen molar-refractivity contribution < 1.29 is 14.6 Å². The molecule has 1 amide bonds. The van der Waals surface area contributed by atoms with Crippen molar-refractivity contribution in [2.75, 3.05) is 33.3 Å². The number of methoxy groups -OCH3 is 1. The van der Waals surface area contributed by atoms with Crippen molar-refractivity contribution in [2.24, 2.45) is 0 Å². The molecule has 6 heteroatoms. The summed E-state index contributed by atoms with van der Waals surface area (Å²) in [4.78, 5) is 18.4. The quantitative estimate of drug-likeness (QED) is 0.754. The highest BCUT2D eigenvalue weighted by Crippen LogP contribution is 2.13. The number of aliphatic hydroxyl groups is 1. The second-order valence-electron chi connectivity index (χ2n) is 5.24. The van der Waals surface area contributed by atoms with E-state index in [0.717, 1.165) is 38.9 Å². The molecule has 1 aliphatic rings. The lowest BCUT2D eigenvalue weighted by Gasteiger charge is -2.29. The minimum absolute atomic E-state index is 0.140. The number of piperidine rings is 1. The van der Waals surface area contributed by atoms with Gasteiger partial charge in [0.05, 0.1) is 13.2 Å². The molecule has 0 radical (unpaired) electrons. The second kappa shape index (κ2) is 7.95. The Balaban J connectivity index is 1.70. The number of carbonyl (C=O) groups is 1. The molecule has 116 valence electrons. The lowest BCUT2D eigenvalue weighted by Crippen LogP contribution is -2.37. The van der Waals surface area contributed by atoms with Gasteiger partial charge in [0.1, 0.15) is 5.56 Å². The zero-order valence-corrected chi connectivity index (χ0v) is 12.4. The molecule has 2 rings (SSSR count). The van der Waals surface area contributed by atoms with Gasteiger partial charge in [0.2, 0.25) is 5.88 Å². The lowest BCUT2D eigenvalue weighted by atomic mass is 10.1. The third-order valence-corrected chi connectivity index (χ3v) is 3.70. The van der Waals surface area contributed by atoms with Crippen LogP contribution in [0.2, 0.25) is 0 Å². The topological polar surface area (TPSA) is 74.7 Å². The van der Waals surface area contributed by atoms with Crippen molar-refractivity contribution in [2.45, 2.75) is 25.4 Å². The molecule has 0 aliphatic carbocycles. The number of hydrogen-bond acceptors (Lipinski definition) is 5. The summed E-state index contributed by atoms with van der Waals surface area (Å²) in [5, 5.41) is 12.3. The monoisotopic (exact) mass is 293 g/mol. The van der Waals surface area contributed by atoms with E-state index in [1.807, 2.05) is 0 Å². The van der Waals surface area contributed by atoms with E-state index < -0.39 is 0 Å². The van der Waals surface area contributed by atoms with Gasteiger partial charge in [-0.1, -0.05) is 0 Å². The molecule has 0 spiro atoms. The van der Waals surface area contributed by atoms with Crippen molar-refractivity contribution in [1.82, 2.24) is 15.2 Å². The van der Waals surface area contributed by atoms with Gasteiger partial charge in [-0.15, -0.1) is 0 Å². The van der Waals surface area contributed by atoms with Gasteiger partial charge < -0.3 is 20.1 Å². The van der Waals surface area contributed by atoms with E-state index in [-0.39, 0.29) is 12.0 Å². The maximum atomic E-state index is 12.0. The van der Waals surface area contributed by atoms with E-state index in [2.05, 4.69) is 15.2 Å². The smallest absolute Gasteiger partial charge is 0.256 e. The molecule has 1 fully saturated rings. The average Bonchev–Trinajstić information content (AvgIpc) is 2.53. The Morgan fingerprint density at radius 1 is 1.52 bits per heavy atom. The predicted octanol–water partition coefficient (Wildman–Crippen LogP) is 0.667. The van der Waals surface area contributed by atoms with E-state index >= 15 is 0 Å². The van der Waals surface area contributed by atoms with Gasteiger partial charge in [-0.3, -0.25) is 4.79 Å². The Labute approximate surface area is 125 Å². The zero-order chi connectivity index (χ0) is 15.1. The number of nitrogens with one attached hydrogen (secondary N) is 1. The number of amides is 1. The predicted molar refractivity (Wildman–Crippen MR) is 79.4 cm³/mol. The first-order chi connectivity index (χ1) is 10.2. The number of aliphatic hydroxyl groups excluding tert-OH is 1. The van der Waals surface area contributed by atoms with Crippen LogP contribution in [0, 0.1) is 0 Å². The number of carbonyl (C=O) groups excluding carboxylic acids is 1. The first-order valence-corrected chi connectivity index (χ1v) is 7.38. The molecule has 0 bridgehead atoms. The van der Waals surface area contributed by atoms with Gasteiger partial charge in [-0.2, -0.15) is 0 Å². The van der Waals surface area contributed by atoms with Crippen LogP contribution in [0.3, 0.4) is 0 Å². The van der Waals surface area contributed by atoms with Gasteiger partial charge in [0.15, 0.2) is 0 Å². The third-order valence-electron chi connectivity index (χ3n) is 3.70. The molecule has 6 nitrogen and oxygen atoms in total. The maximum Gasteiger partial charge on any atom is 0.256 e. The molecule has 0 atom stereocenters. The fourth-order valence-corrected chi connectivity index (χ4v) is 2.47. The van der Waals surface area contributed by atoms with Crippen LogP contribution in [-0.4, -0.2) is 60.3 Å². The number of ether oxygens (including phenoxy) is 1. The van der Waals surface area contributed by atoms with Gasteiger partial charge >= 0.3 is 0 Å². The Kier molecular flexibility index (Phi) is 5.95. The minimum atomic E-state index is -0.158. The highest BCUT2D eigenvalue weighted by molar-refractivity contribution is 5.96. The normalized spacial score (nSPS) is 16.7. The number of nitrogens with zero attached hydrogens (tertiary/aromatic N) is 2. The van der Waals surface area contributed by atoms with Crippen LogP contribution in [0.5, 0.6) is 5.88 Å². The summed E-state index contributed by atoms with van der Waals surface area (Å²) in [6.45, 7) is 3.43. The van der Waals surface area contributed by atoms with Crippen molar-refractivity contribution in [1.29, 1.82) is 0 Å². The Bertz CT molecular complexity index is 459. The molecule has 0 aromatic carbocycles. The number of likely N-dealkylation sites (tertiary alicyclic amines) is 1. The lowest BCUT2D eigenvalue weighted by molar-refractivity contribution is 0.0816. The van der Waals surface area contributed by atoms with Crippen molar-refractivity contribution in [3.63, 3.8) is 0 Å².